The lowest BCUT2D eigenvalue weighted by Gasteiger charge is -2.31. The minimum Gasteiger partial charge on any atom is -0.336 e. The van der Waals surface area contributed by atoms with Gasteiger partial charge in [-0.15, -0.1) is 0 Å². The van der Waals surface area contributed by atoms with Crippen molar-refractivity contribution in [3.05, 3.63) is 24.3 Å². The van der Waals surface area contributed by atoms with Crippen LogP contribution in [-0.4, -0.2) is 60.5 Å². The van der Waals surface area contributed by atoms with Crippen molar-refractivity contribution >= 4 is 6.03 Å². The number of carbonyl (C=O) groups is 1. The predicted octanol–water partition coefficient (Wildman–Crippen LogP) is 0.294. The number of urea groups is 1. The van der Waals surface area contributed by atoms with E-state index in [0.29, 0.717) is 19.6 Å². The molecular formula is C13H20N8O. The summed E-state index contributed by atoms with van der Waals surface area (Å²) < 4.78 is 1.69. The van der Waals surface area contributed by atoms with E-state index in [1.165, 1.54) is 6.33 Å². The van der Waals surface area contributed by atoms with Crippen molar-refractivity contribution in [2.24, 2.45) is 0 Å². The van der Waals surface area contributed by atoms with Gasteiger partial charge in [0.15, 0.2) is 5.82 Å². The van der Waals surface area contributed by atoms with Gasteiger partial charge in [0.2, 0.25) is 0 Å². The van der Waals surface area contributed by atoms with E-state index in [0.717, 1.165) is 31.0 Å². The molecular weight excluding hydrogens is 284 g/mol. The van der Waals surface area contributed by atoms with Crippen molar-refractivity contribution in [2.45, 2.75) is 32.2 Å². The van der Waals surface area contributed by atoms with Gasteiger partial charge in [-0.3, -0.25) is 9.78 Å². The number of likely N-dealkylation sites (tertiary alicyclic amines) is 1. The highest BCUT2D eigenvalue weighted by Crippen LogP contribution is 2.24. The van der Waals surface area contributed by atoms with E-state index in [4.69, 9.17) is 0 Å². The van der Waals surface area contributed by atoms with Crippen LogP contribution in [0.25, 0.3) is 0 Å². The van der Waals surface area contributed by atoms with Gasteiger partial charge in [0.1, 0.15) is 18.5 Å². The number of hydrogen-bond acceptors (Lipinski definition) is 5. The number of H-pyrrole nitrogens is 1. The lowest BCUT2D eigenvalue weighted by Crippen LogP contribution is -2.45. The molecule has 2 aromatic rings. The number of piperidine rings is 1. The maximum atomic E-state index is 12.2. The quantitative estimate of drug-likeness (QED) is 0.845. The number of hydrogen-bond donors (Lipinski definition) is 2. The average molecular weight is 304 g/mol. The van der Waals surface area contributed by atoms with Gasteiger partial charge in [0.05, 0.1) is 6.54 Å². The zero-order valence-corrected chi connectivity index (χ0v) is 12.6. The molecule has 1 unspecified atom stereocenters. The van der Waals surface area contributed by atoms with Crippen LogP contribution in [0.3, 0.4) is 0 Å². The van der Waals surface area contributed by atoms with Crippen LogP contribution in [0.4, 0.5) is 4.79 Å². The summed E-state index contributed by atoms with van der Waals surface area (Å²) in [6.45, 7) is 4.46. The minimum atomic E-state index is -0.0444. The Hall–Kier alpha value is -2.45. The topological polar surface area (TPSA) is 105 Å². The first kappa shape index (κ1) is 14.5. The maximum absolute atomic E-state index is 12.2. The summed E-state index contributed by atoms with van der Waals surface area (Å²) in [7, 11) is 0. The zero-order valence-electron chi connectivity index (χ0n) is 12.6. The van der Waals surface area contributed by atoms with Crippen molar-refractivity contribution in [1.29, 1.82) is 0 Å². The van der Waals surface area contributed by atoms with E-state index in [1.807, 2.05) is 11.8 Å². The standard InChI is InChI=1S/C13H20N8O/c1-10-17-12(19-18-10)11-3-2-5-20(7-11)13(22)15-4-6-21-9-14-8-16-21/h8-9,11H,2-7H2,1H3,(H,15,22)(H,17,18,19). The molecule has 1 aliphatic heterocycles. The van der Waals surface area contributed by atoms with Gasteiger partial charge in [0, 0.05) is 25.6 Å². The first-order valence-electron chi connectivity index (χ1n) is 7.46. The summed E-state index contributed by atoms with van der Waals surface area (Å²) in [6.07, 6.45) is 5.10. The van der Waals surface area contributed by atoms with Crippen molar-refractivity contribution in [3.8, 4) is 0 Å². The van der Waals surface area contributed by atoms with Crippen LogP contribution in [0.5, 0.6) is 0 Å². The van der Waals surface area contributed by atoms with E-state index in [1.54, 1.807) is 11.0 Å². The lowest BCUT2D eigenvalue weighted by atomic mass is 9.98. The zero-order chi connectivity index (χ0) is 15.4. The van der Waals surface area contributed by atoms with E-state index in [9.17, 15) is 4.79 Å². The third-order valence-electron chi connectivity index (χ3n) is 3.77. The van der Waals surface area contributed by atoms with E-state index in [2.05, 4.69) is 30.6 Å². The van der Waals surface area contributed by atoms with Crippen LogP contribution in [0.1, 0.15) is 30.4 Å². The molecule has 0 radical (unpaired) electrons. The van der Waals surface area contributed by atoms with Crippen molar-refractivity contribution < 1.29 is 4.79 Å². The number of nitrogens with one attached hydrogen (secondary N) is 2. The summed E-state index contributed by atoms with van der Waals surface area (Å²) in [5.74, 6) is 1.82. The Balaban J connectivity index is 1.49. The van der Waals surface area contributed by atoms with Gasteiger partial charge in [-0.2, -0.15) is 10.2 Å². The summed E-state index contributed by atoms with van der Waals surface area (Å²) >= 11 is 0. The summed E-state index contributed by atoms with van der Waals surface area (Å²) in [4.78, 5) is 22.3. The Kier molecular flexibility index (Phi) is 4.31. The van der Waals surface area contributed by atoms with Gasteiger partial charge in [-0.05, 0) is 19.8 Å². The lowest BCUT2D eigenvalue weighted by molar-refractivity contribution is 0.178. The minimum absolute atomic E-state index is 0.0444. The van der Waals surface area contributed by atoms with Crippen molar-refractivity contribution in [2.75, 3.05) is 19.6 Å². The second-order valence-corrected chi connectivity index (χ2v) is 5.45. The van der Waals surface area contributed by atoms with E-state index < -0.39 is 0 Å². The molecule has 0 bridgehead atoms. The van der Waals surface area contributed by atoms with Crippen molar-refractivity contribution in [3.63, 3.8) is 0 Å². The first-order valence-corrected chi connectivity index (χ1v) is 7.46. The van der Waals surface area contributed by atoms with E-state index in [-0.39, 0.29) is 11.9 Å². The first-order chi connectivity index (χ1) is 10.7. The van der Waals surface area contributed by atoms with Crippen LogP contribution < -0.4 is 5.32 Å². The molecule has 0 aromatic carbocycles. The maximum Gasteiger partial charge on any atom is 0.317 e. The van der Waals surface area contributed by atoms with Crippen LogP contribution in [0, 0.1) is 6.92 Å². The average Bonchev–Trinajstić information content (AvgIpc) is 3.19. The fourth-order valence-corrected chi connectivity index (χ4v) is 2.65. The summed E-state index contributed by atoms with van der Waals surface area (Å²) in [5, 5.41) is 14.0. The molecule has 3 heterocycles. The molecule has 0 spiro atoms. The summed E-state index contributed by atoms with van der Waals surface area (Å²) in [6, 6.07) is -0.0444. The molecule has 2 aromatic heterocycles. The van der Waals surface area contributed by atoms with Crippen LogP contribution in [-0.2, 0) is 6.54 Å². The highest BCUT2D eigenvalue weighted by atomic mass is 16.2. The second-order valence-electron chi connectivity index (χ2n) is 5.45. The molecule has 1 atom stereocenters. The molecule has 118 valence electrons. The number of aromatic amines is 1. The van der Waals surface area contributed by atoms with Crippen molar-refractivity contribution in [1.82, 2.24) is 40.2 Å². The molecule has 9 heteroatoms. The molecule has 2 N–H and O–H groups in total. The normalized spacial score (nSPS) is 18.4. The SMILES string of the molecule is Cc1nc(C2CCCN(C(=O)NCCn3cncn3)C2)n[nH]1. The molecule has 9 nitrogen and oxygen atoms in total. The molecule has 22 heavy (non-hydrogen) atoms. The fourth-order valence-electron chi connectivity index (χ4n) is 2.65. The number of amides is 2. The molecule has 1 fully saturated rings. The van der Waals surface area contributed by atoms with Crippen LogP contribution in [0.15, 0.2) is 12.7 Å². The third-order valence-corrected chi connectivity index (χ3v) is 3.77. The Morgan fingerprint density at radius 3 is 3.18 bits per heavy atom. The Morgan fingerprint density at radius 2 is 2.45 bits per heavy atom. The Morgan fingerprint density at radius 1 is 1.55 bits per heavy atom. The third kappa shape index (κ3) is 3.41. The van der Waals surface area contributed by atoms with Gasteiger partial charge >= 0.3 is 6.03 Å². The van der Waals surface area contributed by atoms with Gasteiger partial charge < -0.3 is 10.2 Å². The fraction of sp³-hybridized carbons (Fsp3) is 0.615. The van der Waals surface area contributed by atoms with Gasteiger partial charge in [-0.1, -0.05) is 0 Å². The number of carbonyl (C=O) groups excluding carboxylic acids is 1. The number of nitrogens with zero attached hydrogens (tertiary/aromatic N) is 6. The van der Waals surface area contributed by atoms with Crippen LogP contribution >= 0.6 is 0 Å². The molecule has 1 saturated heterocycles. The Bertz CT molecular complexity index is 607. The van der Waals surface area contributed by atoms with Crippen LogP contribution in [0.2, 0.25) is 0 Å². The number of aromatic nitrogens is 6. The molecule has 3 rings (SSSR count). The predicted molar refractivity (Wildman–Crippen MR) is 78.1 cm³/mol. The number of rotatable bonds is 4. The van der Waals surface area contributed by atoms with Gasteiger partial charge in [-0.25, -0.2) is 14.8 Å². The molecule has 0 aliphatic carbocycles. The monoisotopic (exact) mass is 304 g/mol. The summed E-state index contributed by atoms with van der Waals surface area (Å²) in [5.41, 5.74) is 0. The number of aryl methyl sites for hydroxylation is 1. The van der Waals surface area contributed by atoms with E-state index >= 15 is 0 Å². The molecule has 1 aliphatic rings. The second kappa shape index (κ2) is 6.54. The highest BCUT2D eigenvalue weighted by molar-refractivity contribution is 5.74. The smallest absolute Gasteiger partial charge is 0.317 e. The molecule has 0 saturated carbocycles. The molecule has 2 amide bonds. The van der Waals surface area contributed by atoms with Gasteiger partial charge in [0.25, 0.3) is 0 Å². The largest absolute Gasteiger partial charge is 0.336 e. The Labute approximate surface area is 128 Å². The highest BCUT2D eigenvalue weighted by Gasteiger charge is 2.26.